The Morgan fingerprint density at radius 2 is 1.78 bits per heavy atom. The van der Waals surface area contributed by atoms with Crippen molar-refractivity contribution < 1.29 is 8.78 Å². The number of halogens is 3. The van der Waals surface area contributed by atoms with E-state index < -0.39 is 0 Å². The molecule has 0 radical (unpaired) electrons. The van der Waals surface area contributed by atoms with E-state index in [1.54, 1.807) is 12.1 Å². The summed E-state index contributed by atoms with van der Waals surface area (Å²) in [4.78, 5) is 2.27. The lowest BCUT2D eigenvalue weighted by Crippen LogP contribution is -2.45. The highest BCUT2D eigenvalue weighted by Gasteiger charge is 2.21. The maximum Gasteiger partial charge on any atom is 0.123 e. The van der Waals surface area contributed by atoms with E-state index in [0.29, 0.717) is 6.42 Å². The molecule has 1 aliphatic heterocycles. The molecule has 18 heavy (non-hydrogen) atoms. The molecule has 2 nitrogen and oxygen atoms in total. The molecule has 0 unspecified atom stereocenters. The van der Waals surface area contributed by atoms with Crippen molar-refractivity contribution in [3.05, 3.63) is 35.6 Å². The van der Waals surface area contributed by atoms with Crippen LogP contribution in [0.5, 0.6) is 0 Å². The van der Waals surface area contributed by atoms with Crippen LogP contribution in [-0.4, -0.2) is 37.8 Å². The van der Waals surface area contributed by atoms with Crippen LogP contribution >= 0.6 is 12.4 Å². The summed E-state index contributed by atoms with van der Waals surface area (Å²) in [6, 6.07) is 6.49. The van der Waals surface area contributed by atoms with Gasteiger partial charge in [-0.3, -0.25) is 9.29 Å². The Morgan fingerprint density at radius 3 is 2.33 bits per heavy atom. The van der Waals surface area contributed by atoms with Crippen LogP contribution in [0.2, 0.25) is 0 Å². The molecular weight excluding hydrogens is 258 g/mol. The first-order valence-electron chi connectivity index (χ1n) is 6.07. The first-order valence-corrected chi connectivity index (χ1v) is 6.07. The smallest absolute Gasteiger partial charge is 0.123 e. The molecular formula is C13H19ClF2N2. The summed E-state index contributed by atoms with van der Waals surface area (Å²) in [5.74, 6) is -0.243. The average Bonchev–Trinajstić information content (AvgIpc) is 2.38. The molecule has 1 fully saturated rings. The van der Waals surface area contributed by atoms with Gasteiger partial charge in [-0.05, 0) is 24.1 Å². The van der Waals surface area contributed by atoms with E-state index in [9.17, 15) is 8.78 Å². The number of hydrogen-bond donors (Lipinski definition) is 1. The van der Waals surface area contributed by atoms with Gasteiger partial charge in [0.15, 0.2) is 0 Å². The molecule has 1 heterocycles. The first-order chi connectivity index (χ1) is 8.31. The molecule has 1 aromatic rings. The number of benzene rings is 1. The van der Waals surface area contributed by atoms with Crippen molar-refractivity contribution in [2.45, 2.75) is 12.5 Å². The van der Waals surface area contributed by atoms with Crippen molar-refractivity contribution in [3.63, 3.8) is 0 Å². The van der Waals surface area contributed by atoms with Gasteiger partial charge in [-0.1, -0.05) is 12.1 Å². The third-order valence-corrected chi connectivity index (χ3v) is 3.23. The molecule has 1 N–H and O–H groups in total. The number of nitrogens with one attached hydrogen (secondary N) is 1. The van der Waals surface area contributed by atoms with Gasteiger partial charge in [-0.2, -0.15) is 0 Å². The van der Waals surface area contributed by atoms with Crippen molar-refractivity contribution in [2.24, 2.45) is 0 Å². The number of nitrogens with zero attached hydrogens (tertiary/aromatic N) is 1. The van der Waals surface area contributed by atoms with Crippen molar-refractivity contribution in [1.82, 2.24) is 10.2 Å². The summed E-state index contributed by atoms with van der Waals surface area (Å²) in [5.41, 5.74) is 1.01. The standard InChI is InChI=1S/C13H18F2N2.ClH/c14-6-5-13(17-9-7-16-8-10-17)11-1-3-12(15)4-2-11;/h1-4,13,16H,5-10H2;1H/t13-;/m0./s1. The summed E-state index contributed by atoms with van der Waals surface area (Å²) < 4.78 is 25.5. The van der Waals surface area contributed by atoms with E-state index in [-0.39, 0.29) is 30.9 Å². The largest absolute Gasteiger partial charge is 0.314 e. The number of hydrogen-bond acceptors (Lipinski definition) is 2. The van der Waals surface area contributed by atoms with Gasteiger partial charge in [0, 0.05) is 32.2 Å². The molecule has 5 heteroatoms. The first kappa shape index (κ1) is 15.3. The number of alkyl halides is 1. The molecule has 0 aromatic heterocycles. The average molecular weight is 277 g/mol. The second-order valence-corrected chi connectivity index (χ2v) is 4.33. The second kappa shape index (κ2) is 7.67. The predicted octanol–water partition coefficient (Wildman–Crippen LogP) is 2.55. The molecule has 0 amide bonds. The zero-order chi connectivity index (χ0) is 12.1. The van der Waals surface area contributed by atoms with Gasteiger partial charge in [0.2, 0.25) is 0 Å². The SMILES string of the molecule is Cl.FCC[C@@H](c1ccc(F)cc1)N1CCNCC1. The van der Waals surface area contributed by atoms with Gasteiger partial charge in [0.1, 0.15) is 5.82 Å². The van der Waals surface area contributed by atoms with E-state index in [2.05, 4.69) is 10.2 Å². The molecule has 0 spiro atoms. The Labute approximate surface area is 113 Å². The minimum absolute atomic E-state index is 0. The fourth-order valence-corrected chi connectivity index (χ4v) is 2.34. The normalized spacial score (nSPS) is 18.1. The Balaban J connectivity index is 0.00000162. The van der Waals surface area contributed by atoms with Gasteiger partial charge >= 0.3 is 0 Å². The van der Waals surface area contributed by atoms with Gasteiger partial charge in [-0.25, -0.2) is 4.39 Å². The Bertz CT molecular complexity index is 339. The number of piperazine rings is 1. The quantitative estimate of drug-likeness (QED) is 0.909. The fraction of sp³-hybridized carbons (Fsp3) is 0.538. The summed E-state index contributed by atoms with van der Waals surface area (Å²) in [7, 11) is 0. The molecule has 0 saturated carbocycles. The minimum atomic E-state index is -0.341. The van der Waals surface area contributed by atoms with Crippen LogP contribution in [0.1, 0.15) is 18.0 Å². The zero-order valence-electron chi connectivity index (χ0n) is 10.2. The van der Waals surface area contributed by atoms with E-state index >= 15 is 0 Å². The van der Waals surface area contributed by atoms with E-state index in [1.165, 1.54) is 12.1 Å². The molecule has 2 rings (SSSR count). The fourth-order valence-electron chi connectivity index (χ4n) is 2.34. The second-order valence-electron chi connectivity index (χ2n) is 4.33. The lowest BCUT2D eigenvalue weighted by Gasteiger charge is -2.34. The van der Waals surface area contributed by atoms with Crippen molar-refractivity contribution >= 4 is 12.4 Å². The van der Waals surface area contributed by atoms with Crippen LogP contribution in [0.3, 0.4) is 0 Å². The lowest BCUT2D eigenvalue weighted by molar-refractivity contribution is 0.157. The predicted molar refractivity (Wildman–Crippen MR) is 71.4 cm³/mol. The van der Waals surface area contributed by atoms with Crippen molar-refractivity contribution in [2.75, 3.05) is 32.9 Å². The molecule has 102 valence electrons. The maximum absolute atomic E-state index is 12.9. The highest BCUT2D eigenvalue weighted by molar-refractivity contribution is 5.85. The zero-order valence-corrected chi connectivity index (χ0v) is 11.1. The summed E-state index contributed by atoms with van der Waals surface area (Å²) in [6.07, 6.45) is 0.478. The maximum atomic E-state index is 12.9. The van der Waals surface area contributed by atoms with Gasteiger partial charge < -0.3 is 5.32 Å². The van der Waals surface area contributed by atoms with Crippen LogP contribution in [0.25, 0.3) is 0 Å². The summed E-state index contributed by atoms with van der Waals surface area (Å²) in [6.45, 7) is 3.37. The molecule has 1 aliphatic rings. The summed E-state index contributed by atoms with van der Waals surface area (Å²) in [5, 5.41) is 3.28. The highest BCUT2D eigenvalue weighted by atomic mass is 35.5. The minimum Gasteiger partial charge on any atom is -0.314 e. The monoisotopic (exact) mass is 276 g/mol. The van der Waals surface area contributed by atoms with Crippen LogP contribution in [0.15, 0.2) is 24.3 Å². The van der Waals surface area contributed by atoms with E-state index in [1.807, 2.05) is 0 Å². The van der Waals surface area contributed by atoms with Crippen LogP contribution in [-0.2, 0) is 0 Å². The Kier molecular flexibility index (Phi) is 6.54. The lowest BCUT2D eigenvalue weighted by atomic mass is 10.0. The third kappa shape index (κ3) is 3.90. The Hall–Kier alpha value is -0.710. The van der Waals surface area contributed by atoms with Crippen LogP contribution in [0.4, 0.5) is 8.78 Å². The summed E-state index contributed by atoms with van der Waals surface area (Å²) >= 11 is 0. The molecule has 1 atom stereocenters. The number of rotatable bonds is 4. The van der Waals surface area contributed by atoms with Crippen molar-refractivity contribution in [3.8, 4) is 0 Å². The van der Waals surface area contributed by atoms with E-state index in [0.717, 1.165) is 31.7 Å². The highest BCUT2D eigenvalue weighted by Crippen LogP contribution is 2.24. The van der Waals surface area contributed by atoms with Gasteiger partial charge in [-0.15, -0.1) is 12.4 Å². The topological polar surface area (TPSA) is 15.3 Å². The molecule has 0 aliphatic carbocycles. The Morgan fingerprint density at radius 1 is 1.17 bits per heavy atom. The van der Waals surface area contributed by atoms with Gasteiger partial charge in [0.05, 0.1) is 6.67 Å². The molecule has 0 bridgehead atoms. The molecule has 1 aromatic carbocycles. The molecule has 1 saturated heterocycles. The van der Waals surface area contributed by atoms with E-state index in [4.69, 9.17) is 0 Å². The van der Waals surface area contributed by atoms with Crippen LogP contribution < -0.4 is 5.32 Å². The van der Waals surface area contributed by atoms with Crippen molar-refractivity contribution in [1.29, 1.82) is 0 Å². The third-order valence-electron chi connectivity index (χ3n) is 3.23. The van der Waals surface area contributed by atoms with Crippen LogP contribution in [0, 0.1) is 5.82 Å². The van der Waals surface area contributed by atoms with Gasteiger partial charge in [0.25, 0.3) is 0 Å².